The summed E-state index contributed by atoms with van der Waals surface area (Å²) < 4.78 is 0. The molecule has 0 amide bonds. The quantitative estimate of drug-likeness (QED) is 0.380. The van der Waals surface area contributed by atoms with Crippen molar-refractivity contribution in [1.29, 1.82) is 0 Å². The van der Waals surface area contributed by atoms with Crippen molar-refractivity contribution in [3.63, 3.8) is 0 Å². The number of anilines is 2. The van der Waals surface area contributed by atoms with Crippen LogP contribution in [-0.2, 0) is 11.2 Å². The maximum absolute atomic E-state index is 8.00. The lowest BCUT2D eigenvalue weighted by Gasteiger charge is -2.02. The second kappa shape index (κ2) is 17.5. The van der Waals surface area contributed by atoms with Gasteiger partial charge in [-0.3, -0.25) is 0 Å². The maximum Gasteiger partial charge on any atom is 0.106 e. The van der Waals surface area contributed by atoms with E-state index < -0.39 is 0 Å². The molecule has 0 atom stereocenters. The van der Waals surface area contributed by atoms with E-state index in [-0.39, 0.29) is 0 Å². The topological polar surface area (TPSA) is 69.1 Å². The van der Waals surface area contributed by atoms with E-state index >= 15 is 0 Å². The Morgan fingerprint density at radius 1 is 0.600 bits per heavy atom. The van der Waals surface area contributed by atoms with E-state index in [9.17, 15) is 0 Å². The molecule has 4 N–H and O–H groups in total. The van der Waals surface area contributed by atoms with Gasteiger partial charge in [0.1, 0.15) is 6.79 Å². The molecule has 30 heavy (non-hydrogen) atoms. The highest BCUT2D eigenvalue weighted by atomic mass is 16.1. The van der Waals surface area contributed by atoms with Crippen molar-refractivity contribution in [1.82, 2.24) is 0 Å². The number of aryl methyl sites for hydroxylation is 3. The van der Waals surface area contributed by atoms with Crippen LogP contribution in [0.15, 0.2) is 93.0 Å². The molecule has 0 radical (unpaired) electrons. The molecule has 0 saturated carbocycles. The first-order valence-electron chi connectivity index (χ1n) is 9.45. The monoisotopic (exact) mass is 404 g/mol. The lowest BCUT2D eigenvalue weighted by atomic mass is 10.0. The second-order valence-corrected chi connectivity index (χ2v) is 6.25. The Bertz CT molecular complexity index is 776. The molecule has 0 aliphatic carbocycles. The van der Waals surface area contributed by atoms with E-state index in [1.165, 1.54) is 27.8 Å². The fourth-order valence-electron chi connectivity index (χ4n) is 2.40. The highest BCUT2D eigenvalue weighted by molar-refractivity contribution is 5.43. The summed E-state index contributed by atoms with van der Waals surface area (Å²) >= 11 is 0. The highest BCUT2D eigenvalue weighted by Crippen LogP contribution is 2.13. The third kappa shape index (κ3) is 12.0. The van der Waals surface area contributed by atoms with Crippen molar-refractivity contribution < 1.29 is 4.79 Å². The van der Waals surface area contributed by atoms with Crippen LogP contribution in [0.3, 0.4) is 0 Å². The van der Waals surface area contributed by atoms with E-state index in [2.05, 4.69) is 65.3 Å². The Morgan fingerprint density at radius 3 is 1.27 bits per heavy atom. The number of hydrogen-bond donors (Lipinski definition) is 2. The molecule has 0 aliphatic heterocycles. The van der Waals surface area contributed by atoms with E-state index in [1.807, 2.05) is 55.3 Å². The van der Waals surface area contributed by atoms with Crippen LogP contribution in [0, 0.1) is 20.8 Å². The van der Waals surface area contributed by atoms with Crippen LogP contribution >= 0.6 is 0 Å². The van der Waals surface area contributed by atoms with Gasteiger partial charge in [-0.15, -0.1) is 26.3 Å². The smallest absolute Gasteiger partial charge is 0.106 e. The maximum atomic E-state index is 8.00. The van der Waals surface area contributed by atoms with Gasteiger partial charge in [0.25, 0.3) is 0 Å². The molecule has 3 aromatic carbocycles. The molecule has 3 heteroatoms. The van der Waals surface area contributed by atoms with Crippen LogP contribution in [-0.4, -0.2) is 6.79 Å². The second-order valence-electron chi connectivity index (χ2n) is 6.25. The molecule has 0 unspecified atom stereocenters. The highest BCUT2D eigenvalue weighted by Gasteiger charge is 1.96. The molecular weight excluding hydrogens is 368 g/mol. The summed E-state index contributed by atoms with van der Waals surface area (Å²) in [7, 11) is 0. The summed E-state index contributed by atoms with van der Waals surface area (Å²) in [4.78, 5) is 8.00. The van der Waals surface area contributed by atoms with Crippen molar-refractivity contribution in [2.24, 2.45) is 0 Å². The van der Waals surface area contributed by atoms with Gasteiger partial charge in [-0.1, -0.05) is 48.0 Å². The summed E-state index contributed by atoms with van der Waals surface area (Å²) in [6.07, 6.45) is 0.917. The number of carbonyl (C=O) groups excluding carboxylic acids is 1. The molecule has 3 nitrogen and oxygen atoms in total. The van der Waals surface area contributed by atoms with Crippen LogP contribution in [0.1, 0.15) is 27.8 Å². The minimum Gasteiger partial charge on any atom is -0.399 e. The van der Waals surface area contributed by atoms with Crippen LogP contribution in [0.25, 0.3) is 0 Å². The van der Waals surface area contributed by atoms with Crippen LogP contribution in [0.4, 0.5) is 11.4 Å². The normalized spacial score (nSPS) is 8.37. The molecule has 3 aromatic rings. The molecule has 0 saturated heterocycles. The standard InChI is InChI=1S/C13H14N2.C9H12.2C2H4.CH2O/c14-12-5-1-10(2-6-12)9-11-3-7-13(15)8-4-11;1-7-4-5-8(2)9(3)6-7;3*1-2/h1-8H,9,14-15H2;4-6H,1-3H3;2*1-2H2;1H2. The predicted molar refractivity (Wildman–Crippen MR) is 135 cm³/mol. The number of nitrogens with two attached hydrogens (primary N) is 2. The zero-order valence-corrected chi connectivity index (χ0v) is 18.7. The van der Waals surface area contributed by atoms with Crippen LogP contribution in [0.5, 0.6) is 0 Å². The SMILES string of the molecule is C=C.C=C.C=O.Cc1ccc(C)c(C)c1.Nc1ccc(Cc2ccc(N)cc2)cc1. The number of carbonyl (C=O) groups is 1. The Hall–Kier alpha value is -3.59. The summed E-state index contributed by atoms with van der Waals surface area (Å²) in [6.45, 7) is 20.4. The Labute approximate surface area is 182 Å². The number of hydrogen-bond acceptors (Lipinski definition) is 3. The Kier molecular flexibility index (Phi) is 16.7. The summed E-state index contributed by atoms with van der Waals surface area (Å²) in [6, 6.07) is 22.4. The molecule has 0 heterocycles. The third-order valence-electron chi connectivity index (χ3n) is 4.03. The van der Waals surface area contributed by atoms with Gasteiger partial charge in [0.15, 0.2) is 0 Å². The van der Waals surface area contributed by atoms with Gasteiger partial charge in [0, 0.05) is 11.4 Å². The van der Waals surface area contributed by atoms with Gasteiger partial charge in [-0.2, -0.15) is 0 Å². The zero-order chi connectivity index (χ0) is 23.5. The predicted octanol–water partition coefficient (Wildman–Crippen LogP) is 6.47. The molecular formula is C27H36N2O. The van der Waals surface area contributed by atoms with Crippen molar-refractivity contribution in [3.8, 4) is 0 Å². The number of rotatable bonds is 2. The van der Waals surface area contributed by atoms with Gasteiger partial charge in [0.05, 0.1) is 0 Å². The van der Waals surface area contributed by atoms with Crippen LogP contribution in [0.2, 0.25) is 0 Å². The van der Waals surface area contributed by atoms with E-state index in [0.29, 0.717) is 0 Å². The first-order valence-corrected chi connectivity index (χ1v) is 9.45. The Balaban J connectivity index is 0. The van der Waals surface area contributed by atoms with Gasteiger partial charge in [-0.25, -0.2) is 0 Å². The first kappa shape index (κ1) is 28.6. The fraction of sp³-hybridized carbons (Fsp3) is 0.148. The molecule has 0 spiro atoms. The van der Waals surface area contributed by atoms with E-state index in [0.717, 1.165) is 17.8 Å². The summed E-state index contributed by atoms with van der Waals surface area (Å²) in [5.74, 6) is 0. The largest absolute Gasteiger partial charge is 0.399 e. The molecule has 0 bridgehead atoms. The average Bonchev–Trinajstić information content (AvgIpc) is 2.79. The lowest BCUT2D eigenvalue weighted by molar-refractivity contribution is -0.0979. The third-order valence-corrected chi connectivity index (χ3v) is 4.03. The molecule has 0 aliphatic rings. The van der Waals surface area contributed by atoms with Crippen LogP contribution < -0.4 is 11.5 Å². The first-order chi connectivity index (χ1) is 14.4. The van der Waals surface area contributed by atoms with Crippen molar-refractivity contribution in [2.45, 2.75) is 27.2 Å². The van der Waals surface area contributed by atoms with Gasteiger partial charge >= 0.3 is 0 Å². The fourth-order valence-corrected chi connectivity index (χ4v) is 2.40. The van der Waals surface area contributed by atoms with Gasteiger partial charge < -0.3 is 16.3 Å². The van der Waals surface area contributed by atoms with Crippen molar-refractivity contribution in [3.05, 3.63) is 121 Å². The number of nitrogen functional groups attached to an aromatic ring is 2. The Morgan fingerprint density at radius 2 is 0.967 bits per heavy atom. The molecule has 160 valence electrons. The van der Waals surface area contributed by atoms with Gasteiger partial charge in [0.2, 0.25) is 0 Å². The zero-order valence-electron chi connectivity index (χ0n) is 18.7. The minimum absolute atomic E-state index is 0.802. The van der Waals surface area contributed by atoms with E-state index in [4.69, 9.17) is 16.3 Å². The summed E-state index contributed by atoms with van der Waals surface area (Å²) in [5, 5.41) is 0. The molecule has 3 rings (SSSR count). The van der Waals surface area contributed by atoms with E-state index in [1.54, 1.807) is 0 Å². The number of benzene rings is 3. The lowest BCUT2D eigenvalue weighted by Crippen LogP contribution is -1.90. The van der Waals surface area contributed by atoms with Crippen molar-refractivity contribution >= 4 is 18.2 Å². The summed E-state index contributed by atoms with van der Waals surface area (Å²) in [5.41, 5.74) is 19.5. The minimum atomic E-state index is 0.802. The van der Waals surface area contributed by atoms with Crippen molar-refractivity contribution in [2.75, 3.05) is 11.5 Å². The molecule has 0 fully saturated rings. The average molecular weight is 405 g/mol. The molecule has 0 aromatic heterocycles. The van der Waals surface area contributed by atoms with Gasteiger partial charge in [-0.05, 0) is 73.7 Å².